The number of aliphatic hydroxyl groups excluding tert-OH is 1. The van der Waals surface area contributed by atoms with Gasteiger partial charge in [0, 0.05) is 31.5 Å². The Hall–Kier alpha value is -0.570. The SMILES string of the molecule is CC1(C)CC1C(=O)N1CC(CO)C1. The van der Waals surface area contributed by atoms with Crippen LogP contribution in [-0.2, 0) is 4.79 Å². The van der Waals surface area contributed by atoms with Crippen molar-refractivity contribution in [1.82, 2.24) is 4.90 Å². The predicted molar refractivity (Wildman–Crippen MR) is 49.0 cm³/mol. The molecule has 1 atom stereocenters. The number of carbonyl (C=O) groups is 1. The van der Waals surface area contributed by atoms with Gasteiger partial charge < -0.3 is 10.0 Å². The predicted octanol–water partition coefficient (Wildman–Crippen LogP) is 0.483. The molecule has 1 saturated heterocycles. The van der Waals surface area contributed by atoms with E-state index < -0.39 is 0 Å². The third-order valence-electron chi connectivity index (χ3n) is 3.34. The van der Waals surface area contributed by atoms with E-state index in [9.17, 15) is 4.79 Å². The minimum atomic E-state index is 0.220. The van der Waals surface area contributed by atoms with Crippen molar-refractivity contribution in [2.24, 2.45) is 17.3 Å². The molecular weight excluding hydrogens is 166 g/mol. The topological polar surface area (TPSA) is 40.5 Å². The lowest BCUT2D eigenvalue weighted by Crippen LogP contribution is -2.52. The first kappa shape index (κ1) is 9.00. The quantitative estimate of drug-likeness (QED) is 0.676. The lowest BCUT2D eigenvalue weighted by Gasteiger charge is -2.38. The van der Waals surface area contributed by atoms with E-state index >= 15 is 0 Å². The molecule has 3 heteroatoms. The summed E-state index contributed by atoms with van der Waals surface area (Å²) in [5, 5.41) is 8.80. The zero-order valence-corrected chi connectivity index (χ0v) is 8.29. The molecule has 0 bridgehead atoms. The minimum absolute atomic E-state index is 0.220. The highest BCUT2D eigenvalue weighted by Gasteiger charge is 2.53. The second-order valence-electron chi connectivity index (χ2n) is 5.04. The average Bonchev–Trinajstić information content (AvgIpc) is 2.57. The van der Waals surface area contributed by atoms with Crippen LogP contribution in [0.4, 0.5) is 0 Å². The van der Waals surface area contributed by atoms with Gasteiger partial charge in [-0.15, -0.1) is 0 Å². The van der Waals surface area contributed by atoms with Gasteiger partial charge in [-0.25, -0.2) is 0 Å². The molecule has 13 heavy (non-hydrogen) atoms. The van der Waals surface area contributed by atoms with Crippen molar-refractivity contribution in [3.63, 3.8) is 0 Å². The number of aliphatic hydroxyl groups is 1. The molecular formula is C10H17NO2. The van der Waals surface area contributed by atoms with E-state index in [0.29, 0.717) is 11.8 Å². The number of likely N-dealkylation sites (tertiary alicyclic amines) is 1. The third-order valence-corrected chi connectivity index (χ3v) is 3.34. The first-order valence-corrected chi connectivity index (χ1v) is 4.94. The molecule has 0 radical (unpaired) electrons. The van der Waals surface area contributed by atoms with Crippen molar-refractivity contribution < 1.29 is 9.90 Å². The molecule has 3 nitrogen and oxygen atoms in total. The molecule has 1 aliphatic carbocycles. The zero-order valence-electron chi connectivity index (χ0n) is 8.29. The Kier molecular flexibility index (Phi) is 1.88. The lowest BCUT2D eigenvalue weighted by atomic mass is 9.99. The summed E-state index contributed by atoms with van der Waals surface area (Å²) in [7, 11) is 0. The van der Waals surface area contributed by atoms with Gasteiger partial charge in [-0.1, -0.05) is 13.8 Å². The molecule has 1 N–H and O–H groups in total. The lowest BCUT2D eigenvalue weighted by molar-refractivity contribution is -0.140. The van der Waals surface area contributed by atoms with Gasteiger partial charge in [0.2, 0.25) is 5.91 Å². The van der Waals surface area contributed by atoms with Crippen molar-refractivity contribution in [3.8, 4) is 0 Å². The summed E-state index contributed by atoms with van der Waals surface area (Å²) in [5.74, 6) is 0.896. The van der Waals surface area contributed by atoms with Gasteiger partial charge >= 0.3 is 0 Å². The number of nitrogens with zero attached hydrogens (tertiary/aromatic N) is 1. The van der Waals surface area contributed by atoms with Gasteiger partial charge in [-0.2, -0.15) is 0 Å². The van der Waals surface area contributed by atoms with E-state index in [1.165, 1.54) is 0 Å². The molecule has 0 aromatic rings. The maximum atomic E-state index is 11.7. The highest BCUT2D eigenvalue weighted by molar-refractivity contribution is 5.83. The second kappa shape index (κ2) is 2.71. The Labute approximate surface area is 78.7 Å². The number of amides is 1. The van der Waals surface area contributed by atoms with Crippen molar-refractivity contribution in [3.05, 3.63) is 0 Å². The number of carbonyl (C=O) groups excluding carboxylic acids is 1. The summed E-state index contributed by atoms with van der Waals surface area (Å²) >= 11 is 0. The molecule has 1 aliphatic heterocycles. The Balaban J connectivity index is 1.81. The van der Waals surface area contributed by atoms with Crippen LogP contribution in [0.3, 0.4) is 0 Å². The molecule has 0 aromatic heterocycles. The van der Waals surface area contributed by atoms with Crippen molar-refractivity contribution in [2.45, 2.75) is 20.3 Å². The number of hydrogen-bond acceptors (Lipinski definition) is 2. The Morgan fingerprint density at radius 1 is 1.54 bits per heavy atom. The molecule has 1 heterocycles. The van der Waals surface area contributed by atoms with Gasteiger partial charge in [-0.05, 0) is 11.8 Å². The fourth-order valence-corrected chi connectivity index (χ4v) is 1.97. The molecule has 0 aromatic carbocycles. The molecule has 1 saturated carbocycles. The Bertz CT molecular complexity index is 231. The highest BCUT2D eigenvalue weighted by atomic mass is 16.3. The normalized spacial score (nSPS) is 31.3. The van der Waals surface area contributed by atoms with Crippen LogP contribution in [-0.4, -0.2) is 35.6 Å². The fraction of sp³-hybridized carbons (Fsp3) is 0.900. The van der Waals surface area contributed by atoms with E-state index in [2.05, 4.69) is 13.8 Å². The smallest absolute Gasteiger partial charge is 0.226 e. The molecule has 2 fully saturated rings. The Morgan fingerprint density at radius 3 is 2.46 bits per heavy atom. The van der Waals surface area contributed by atoms with Crippen LogP contribution >= 0.6 is 0 Å². The van der Waals surface area contributed by atoms with Gasteiger partial charge in [0.05, 0.1) is 0 Å². The molecule has 74 valence electrons. The summed E-state index contributed by atoms with van der Waals surface area (Å²) in [4.78, 5) is 13.6. The van der Waals surface area contributed by atoms with Gasteiger partial charge in [0.1, 0.15) is 0 Å². The fourth-order valence-electron chi connectivity index (χ4n) is 1.97. The minimum Gasteiger partial charge on any atom is -0.396 e. The second-order valence-corrected chi connectivity index (χ2v) is 5.04. The third kappa shape index (κ3) is 1.46. The van der Waals surface area contributed by atoms with E-state index in [1.807, 2.05) is 4.90 Å². The summed E-state index contributed by atoms with van der Waals surface area (Å²) in [5.41, 5.74) is 0.237. The van der Waals surface area contributed by atoms with E-state index in [-0.39, 0.29) is 17.9 Å². The molecule has 1 amide bonds. The van der Waals surface area contributed by atoms with Gasteiger partial charge in [0.25, 0.3) is 0 Å². The monoisotopic (exact) mass is 183 g/mol. The van der Waals surface area contributed by atoms with Crippen LogP contribution in [0.2, 0.25) is 0 Å². The highest BCUT2D eigenvalue weighted by Crippen LogP contribution is 2.52. The Morgan fingerprint density at radius 2 is 2.08 bits per heavy atom. The first-order chi connectivity index (χ1) is 6.04. The zero-order chi connectivity index (χ0) is 9.64. The van der Waals surface area contributed by atoms with E-state index in [4.69, 9.17) is 5.11 Å². The van der Waals surface area contributed by atoms with E-state index in [1.54, 1.807) is 0 Å². The van der Waals surface area contributed by atoms with Crippen molar-refractivity contribution in [2.75, 3.05) is 19.7 Å². The van der Waals surface area contributed by atoms with Gasteiger partial charge in [0.15, 0.2) is 0 Å². The molecule has 1 unspecified atom stereocenters. The molecule has 2 rings (SSSR count). The number of rotatable bonds is 2. The van der Waals surface area contributed by atoms with Crippen molar-refractivity contribution in [1.29, 1.82) is 0 Å². The van der Waals surface area contributed by atoms with Crippen molar-refractivity contribution >= 4 is 5.91 Å². The summed E-state index contributed by atoms with van der Waals surface area (Å²) in [6.45, 7) is 6.03. The maximum Gasteiger partial charge on any atom is 0.226 e. The number of hydrogen-bond donors (Lipinski definition) is 1. The summed E-state index contributed by atoms with van der Waals surface area (Å²) < 4.78 is 0. The average molecular weight is 183 g/mol. The van der Waals surface area contributed by atoms with E-state index in [0.717, 1.165) is 19.5 Å². The maximum absolute atomic E-state index is 11.7. The summed E-state index contributed by atoms with van der Waals surface area (Å²) in [6, 6.07) is 0. The molecule has 0 spiro atoms. The molecule has 2 aliphatic rings. The van der Waals surface area contributed by atoms with Crippen LogP contribution in [0.5, 0.6) is 0 Å². The van der Waals surface area contributed by atoms with Crippen LogP contribution in [0, 0.1) is 17.3 Å². The van der Waals surface area contributed by atoms with Crippen LogP contribution in [0.25, 0.3) is 0 Å². The summed E-state index contributed by atoms with van der Waals surface area (Å²) in [6.07, 6.45) is 1.03. The standard InChI is InChI=1S/C10H17NO2/c1-10(2)3-8(10)9(13)11-4-7(5-11)6-12/h7-8,12H,3-6H2,1-2H3. The largest absolute Gasteiger partial charge is 0.396 e. The van der Waals surface area contributed by atoms with Gasteiger partial charge in [-0.3, -0.25) is 4.79 Å². The van der Waals surface area contributed by atoms with Crippen LogP contribution < -0.4 is 0 Å². The van der Waals surface area contributed by atoms with Crippen LogP contribution in [0.1, 0.15) is 20.3 Å². The van der Waals surface area contributed by atoms with Crippen LogP contribution in [0.15, 0.2) is 0 Å². The first-order valence-electron chi connectivity index (χ1n) is 4.94.